The molecule has 0 spiro atoms. The van der Waals surface area contributed by atoms with Gasteiger partial charge in [-0.05, 0) is 33.9 Å². The van der Waals surface area contributed by atoms with Crippen molar-refractivity contribution in [2.75, 3.05) is 33.7 Å². The van der Waals surface area contributed by atoms with E-state index in [-0.39, 0.29) is 0 Å². The van der Waals surface area contributed by atoms with E-state index in [9.17, 15) is 0 Å². The topological polar surface area (TPSA) is 18.5 Å². The average Bonchev–Trinajstić information content (AvgIpc) is 2.32. The minimum atomic E-state index is 0.656. The highest BCUT2D eigenvalue weighted by atomic mass is 15.3. The summed E-state index contributed by atoms with van der Waals surface area (Å²) in [6.07, 6.45) is 7.20. The van der Waals surface area contributed by atoms with Crippen LogP contribution in [0, 0.1) is 0 Å². The number of likely N-dealkylation sites (N-methyl/N-ethyl adjacent to an activating group) is 1. The fraction of sp³-hybridized carbons (Fsp3) is 1.00. The Morgan fingerprint density at radius 3 is 2.53 bits per heavy atom. The van der Waals surface area contributed by atoms with Crippen molar-refractivity contribution >= 4 is 0 Å². The Balaban J connectivity index is 1.89. The Morgan fingerprint density at radius 2 is 1.88 bits per heavy atom. The fourth-order valence-electron chi connectivity index (χ4n) is 3.44. The molecule has 0 aromatic rings. The minimum absolute atomic E-state index is 0.656. The minimum Gasteiger partial charge on any atom is -0.310 e. The molecule has 1 N–H and O–H groups in total. The van der Waals surface area contributed by atoms with Crippen molar-refractivity contribution in [1.82, 2.24) is 15.1 Å². The maximum atomic E-state index is 3.69. The third-order valence-electron chi connectivity index (χ3n) is 4.33. The van der Waals surface area contributed by atoms with E-state index in [1.54, 1.807) is 0 Å². The van der Waals surface area contributed by atoms with Crippen molar-refractivity contribution in [2.24, 2.45) is 0 Å². The van der Waals surface area contributed by atoms with Gasteiger partial charge in [-0.2, -0.15) is 0 Å². The smallest absolute Gasteiger partial charge is 0.0323 e. The quantitative estimate of drug-likeness (QED) is 0.806. The van der Waals surface area contributed by atoms with E-state index < -0.39 is 0 Å². The molecule has 1 aliphatic carbocycles. The van der Waals surface area contributed by atoms with E-state index in [4.69, 9.17) is 0 Å². The van der Waals surface area contributed by atoms with Crippen LogP contribution >= 0.6 is 0 Å². The summed E-state index contributed by atoms with van der Waals surface area (Å²) in [4.78, 5) is 5.08. The lowest BCUT2D eigenvalue weighted by molar-refractivity contribution is 0.0639. The lowest BCUT2D eigenvalue weighted by atomic mass is 9.92. The Kier molecular flexibility index (Phi) is 4.83. The van der Waals surface area contributed by atoms with Crippen LogP contribution in [0.2, 0.25) is 0 Å². The maximum absolute atomic E-state index is 3.69. The van der Waals surface area contributed by atoms with Crippen LogP contribution in [-0.4, -0.2) is 61.7 Å². The molecule has 1 heterocycles. The lowest BCUT2D eigenvalue weighted by Gasteiger charge is -2.45. The van der Waals surface area contributed by atoms with E-state index in [0.29, 0.717) is 6.04 Å². The number of nitrogens with zero attached hydrogens (tertiary/aromatic N) is 2. The second-order valence-corrected chi connectivity index (χ2v) is 6.21. The monoisotopic (exact) mass is 239 g/mol. The molecule has 2 unspecified atom stereocenters. The summed E-state index contributed by atoms with van der Waals surface area (Å²) in [6, 6.07) is 2.24. The first-order valence-electron chi connectivity index (χ1n) is 7.30. The molecule has 0 bridgehead atoms. The third kappa shape index (κ3) is 3.67. The first-order valence-corrected chi connectivity index (χ1v) is 7.30. The Morgan fingerprint density at radius 1 is 1.18 bits per heavy atom. The normalized spacial score (nSPS) is 33.2. The van der Waals surface area contributed by atoms with Crippen molar-refractivity contribution in [1.29, 1.82) is 0 Å². The van der Waals surface area contributed by atoms with Gasteiger partial charge in [0.25, 0.3) is 0 Å². The molecule has 0 amide bonds. The van der Waals surface area contributed by atoms with Gasteiger partial charge >= 0.3 is 0 Å². The summed E-state index contributed by atoms with van der Waals surface area (Å²) in [7, 11) is 4.34. The summed E-state index contributed by atoms with van der Waals surface area (Å²) in [5.41, 5.74) is 0. The van der Waals surface area contributed by atoms with Gasteiger partial charge in [0.1, 0.15) is 0 Å². The molecule has 3 nitrogen and oxygen atoms in total. The third-order valence-corrected chi connectivity index (χ3v) is 4.33. The SMILES string of the molecule is CC1CNC(CN(C)C)CN1C1CCCCC1. The van der Waals surface area contributed by atoms with E-state index in [1.165, 1.54) is 38.6 Å². The summed E-state index contributed by atoms with van der Waals surface area (Å²) in [6.45, 7) is 5.95. The fourth-order valence-corrected chi connectivity index (χ4v) is 3.44. The molecule has 1 aliphatic heterocycles. The maximum Gasteiger partial charge on any atom is 0.0323 e. The molecule has 100 valence electrons. The van der Waals surface area contributed by atoms with E-state index in [0.717, 1.165) is 25.2 Å². The number of hydrogen-bond acceptors (Lipinski definition) is 3. The summed E-state index contributed by atoms with van der Waals surface area (Å²) in [5, 5.41) is 3.69. The van der Waals surface area contributed by atoms with E-state index in [2.05, 4.69) is 36.1 Å². The van der Waals surface area contributed by atoms with Crippen molar-refractivity contribution < 1.29 is 0 Å². The summed E-state index contributed by atoms with van der Waals surface area (Å²) >= 11 is 0. The number of rotatable bonds is 3. The molecule has 2 atom stereocenters. The first kappa shape index (κ1) is 13.3. The second-order valence-electron chi connectivity index (χ2n) is 6.21. The molecular weight excluding hydrogens is 210 g/mol. The van der Waals surface area contributed by atoms with Crippen LogP contribution in [0.5, 0.6) is 0 Å². The highest BCUT2D eigenvalue weighted by Gasteiger charge is 2.31. The van der Waals surface area contributed by atoms with Gasteiger partial charge in [-0.25, -0.2) is 0 Å². The number of piperazine rings is 1. The predicted octanol–water partition coefficient (Wildman–Crippen LogP) is 1.54. The molecule has 17 heavy (non-hydrogen) atoms. The van der Waals surface area contributed by atoms with Gasteiger partial charge in [0.05, 0.1) is 0 Å². The van der Waals surface area contributed by atoms with Crippen molar-refractivity contribution in [2.45, 2.75) is 57.2 Å². The Labute approximate surface area is 107 Å². The van der Waals surface area contributed by atoms with Crippen molar-refractivity contribution in [3.8, 4) is 0 Å². The van der Waals surface area contributed by atoms with Crippen molar-refractivity contribution in [3.63, 3.8) is 0 Å². The summed E-state index contributed by atoms with van der Waals surface area (Å²) in [5.74, 6) is 0. The van der Waals surface area contributed by atoms with Gasteiger partial charge in [0, 0.05) is 37.8 Å². The molecule has 2 fully saturated rings. The van der Waals surface area contributed by atoms with Gasteiger partial charge in [-0.1, -0.05) is 19.3 Å². The molecule has 1 saturated heterocycles. The molecule has 2 aliphatic rings. The predicted molar refractivity (Wildman–Crippen MR) is 73.4 cm³/mol. The Hall–Kier alpha value is -0.120. The second kappa shape index (κ2) is 6.17. The molecule has 3 heteroatoms. The zero-order chi connectivity index (χ0) is 12.3. The molecule has 0 aromatic heterocycles. The number of nitrogens with one attached hydrogen (secondary N) is 1. The van der Waals surface area contributed by atoms with E-state index >= 15 is 0 Å². The van der Waals surface area contributed by atoms with Crippen LogP contribution in [0.1, 0.15) is 39.0 Å². The van der Waals surface area contributed by atoms with Crippen LogP contribution < -0.4 is 5.32 Å². The zero-order valence-corrected chi connectivity index (χ0v) is 11.8. The van der Waals surface area contributed by atoms with Crippen LogP contribution in [0.25, 0.3) is 0 Å². The van der Waals surface area contributed by atoms with Crippen LogP contribution in [-0.2, 0) is 0 Å². The zero-order valence-electron chi connectivity index (χ0n) is 11.8. The van der Waals surface area contributed by atoms with Gasteiger partial charge in [-0.15, -0.1) is 0 Å². The standard InChI is InChI=1S/C14H29N3/c1-12-9-15-13(10-16(2)3)11-17(12)14-7-5-4-6-8-14/h12-15H,4-11H2,1-3H3. The van der Waals surface area contributed by atoms with Crippen LogP contribution in [0.4, 0.5) is 0 Å². The van der Waals surface area contributed by atoms with Crippen molar-refractivity contribution in [3.05, 3.63) is 0 Å². The molecule has 0 aromatic carbocycles. The Bertz CT molecular complexity index is 224. The highest BCUT2D eigenvalue weighted by molar-refractivity contribution is 4.89. The van der Waals surface area contributed by atoms with Gasteiger partial charge < -0.3 is 10.2 Å². The largest absolute Gasteiger partial charge is 0.310 e. The van der Waals surface area contributed by atoms with Gasteiger partial charge in [-0.3, -0.25) is 4.90 Å². The number of hydrogen-bond donors (Lipinski definition) is 1. The van der Waals surface area contributed by atoms with E-state index in [1.807, 2.05) is 0 Å². The molecule has 2 rings (SSSR count). The van der Waals surface area contributed by atoms with Crippen LogP contribution in [0.15, 0.2) is 0 Å². The summed E-state index contributed by atoms with van der Waals surface area (Å²) < 4.78 is 0. The van der Waals surface area contributed by atoms with Crippen LogP contribution in [0.3, 0.4) is 0 Å². The van der Waals surface area contributed by atoms with Gasteiger partial charge in [0.15, 0.2) is 0 Å². The average molecular weight is 239 g/mol. The lowest BCUT2D eigenvalue weighted by Crippen LogP contribution is -2.60. The first-order chi connectivity index (χ1) is 8.16. The highest BCUT2D eigenvalue weighted by Crippen LogP contribution is 2.25. The molecule has 0 radical (unpaired) electrons. The molecule has 1 saturated carbocycles. The molecular formula is C14H29N3. The van der Waals surface area contributed by atoms with Gasteiger partial charge in [0.2, 0.25) is 0 Å².